The van der Waals surface area contributed by atoms with Gasteiger partial charge in [0.1, 0.15) is 6.61 Å². The molecule has 1 N–H and O–H groups in total. The van der Waals surface area contributed by atoms with Gasteiger partial charge >= 0.3 is 0 Å². The predicted octanol–water partition coefficient (Wildman–Crippen LogP) is 4.44. The molecule has 0 saturated heterocycles. The molecule has 1 aromatic heterocycles. The van der Waals surface area contributed by atoms with Crippen molar-refractivity contribution in [2.45, 2.75) is 25.2 Å². The average molecular weight is 462 g/mol. The van der Waals surface area contributed by atoms with Crippen LogP contribution in [-0.2, 0) is 13.2 Å². The number of nitrogens with one attached hydrogen (secondary N) is 1. The molecule has 7 nitrogen and oxygen atoms in total. The summed E-state index contributed by atoms with van der Waals surface area (Å²) in [6, 6.07) is 24.2. The molecule has 8 heteroatoms. The number of tetrazole rings is 1. The van der Waals surface area contributed by atoms with Crippen LogP contribution in [0.25, 0.3) is 5.69 Å². The Morgan fingerprint density at radius 3 is 2.67 bits per heavy atom. The Hall–Kier alpha value is -3.36. The first-order valence-electron chi connectivity index (χ1n) is 10.8. The van der Waals surface area contributed by atoms with Crippen molar-refractivity contribution in [1.82, 2.24) is 25.5 Å². The van der Waals surface area contributed by atoms with E-state index < -0.39 is 0 Å². The van der Waals surface area contributed by atoms with E-state index in [1.165, 1.54) is 5.56 Å². The van der Waals surface area contributed by atoms with E-state index in [1.54, 1.807) is 23.6 Å². The van der Waals surface area contributed by atoms with Crippen LogP contribution in [0.15, 0.2) is 78.0 Å². The summed E-state index contributed by atoms with van der Waals surface area (Å²) >= 11 is 1.61. The van der Waals surface area contributed by atoms with E-state index >= 15 is 0 Å². The maximum Gasteiger partial charge on any atom is 0.214 e. The summed E-state index contributed by atoms with van der Waals surface area (Å²) in [5.74, 6) is 2.34. The highest BCUT2D eigenvalue weighted by atomic mass is 32.2. The fraction of sp³-hybridized carbons (Fsp3) is 0.240. The summed E-state index contributed by atoms with van der Waals surface area (Å²) < 4.78 is 13.5. The first-order chi connectivity index (χ1) is 16.2. The smallest absolute Gasteiger partial charge is 0.214 e. The summed E-state index contributed by atoms with van der Waals surface area (Å²) in [4.78, 5) is 0. The third-order valence-corrected chi connectivity index (χ3v) is 5.93. The molecule has 4 aromatic rings. The molecular weight excluding hydrogens is 434 g/mol. The minimum absolute atomic E-state index is 0.493. The number of hydrogen-bond acceptors (Lipinski definition) is 7. The van der Waals surface area contributed by atoms with Crippen LogP contribution >= 0.6 is 11.8 Å². The number of aryl methyl sites for hydroxylation is 1. The highest BCUT2D eigenvalue weighted by Crippen LogP contribution is 2.32. The number of hydrogen-bond donors (Lipinski definition) is 1. The van der Waals surface area contributed by atoms with E-state index in [0.717, 1.165) is 45.8 Å². The molecule has 0 bridgehead atoms. The lowest BCUT2D eigenvalue weighted by molar-refractivity contribution is 0.280. The van der Waals surface area contributed by atoms with Crippen molar-refractivity contribution in [2.24, 2.45) is 0 Å². The van der Waals surface area contributed by atoms with Crippen molar-refractivity contribution in [3.05, 3.63) is 89.5 Å². The fourth-order valence-electron chi connectivity index (χ4n) is 3.42. The molecule has 0 fully saturated rings. The lowest BCUT2D eigenvalue weighted by atomic mass is 10.1. The van der Waals surface area contributed by atoms with Gasteiger partial charge in [0.2, 0.25) is 5.16 Å². The highest BCUT2D eigenvalue weighted by molar-refractivity contribution is 7.99. The van der Waals surface area contributed by atoms with Crippen LogP contribution in [0.3, 0.4) is 0 Å². The van der Waals surface area contributed by atoms with Crippen LogP contribution in [0.2, 0.25) is 0 Å². The lowest BCUT2D eigenvalue weighted by Crippen LogP contribution is -2.17. The summed E-state index contributed by atoms with van der Waals surface area (Å²) in [5.41, 5.74) is 4.35. The second kappa shape index (κ2) is 11.5. The Balaban J connectivity index is 1.32. The zero-order valence-electron chi connectivity index (χ0n) is 18.8. The van der Waals surface area contributed by atoms with Crippen molar-refractivity contribution < 1.29 is 9.47 Å². The second-order valence-electron chi connectivity index (χ2n) is 7.46. The zero-order valence-corrected chi connectivity index (χ0v) is 19.6. The largest absolute Gasteiger partial charge is 0.493 e. The van der Waals surface area contributed by atoms with Gasteiger partial charge in [-0.3, -0.25) is 0 Å². The molecule has 0 aliphatic carbocycles. The highest BCUT2D eigenvalue weighted by Gasteiger charge is 2.12. The molecule has 0 spiro atoms. The second-order valence-corrected chi connectivity index (χ2v) is 8.52. The van der Waals surface area contributed by atoms with Gasteiger partial charge in [-0.15, -0.1) is 5.10 Å². The number of thioether (sulfide) groups is 1. The van der Waals surface area contributed by atoms with Crippen LogP contribution in [0.1, 0.15) is 16.7 Å². The molecule has 170 valence electrons. The number of benzene rings is 3. The van der Waals surface area contributed by atoms with E-state index in [2.05, 4.69) is 52.0 Å². The molecular formula is C25H27N5O2S. The van der Waals surface area contributed by atoms with Crippen molar-refractivity contribution in [3.63, 3.8) is 0 Å². The minimum atomic E-state index is 0.493. The number of ether oxygens (including phenoxy) is 2. The van der Waals surface area contributed by atoms with Crippen LogP contribution in [0, 0.1) is 6.92 Å². The molecule has 0 unspecified atom stereocenters. The summed E-state index contributed by atoms with van der Waals surface area (Å²) in [6.45, 7) is 4.04. The topological polar surface area (TPSA) is 74.1 Å². The maximum absolute atomic E-state index is 6.18. The van der Waals surface area contributed by atoms with Gasteiger partial charge in [-0.2, -0.15) is 4.68 Å². The van der Waals surface area contributed by atoms with Crippen LogP contribution in [-0.4, -0.2) is 39.6 Å². The molecule has 1 heterocycles. The van der Waals surface area contributed by atoms with E-state index in [-0.39, 0.29) is 0 Å². The number of aromatic nitrogens is 4. The molecule has 0 aliphatic heterocycles. The molecule has 33 heavy (non-hydrogen) atoms. The normalized spacial score (nSPS) is 10.8. The number of rotatable bonds is 11. The van der Waals surface area contributed by atoms with E-state index in [1.807, 2.05) is 48.5 Å². The Bertz CT molecular complexity index is 1170. The van der Waals surface area contributed by atoms with E-state index in [0.29, 0.717) is 13.2 Å². The van der Waals surface area contributed by atoms with E-state index in [4.69, 9.17) is 9.47 Å². The summed E-state index contributed by atoms with van der Waals surface area (Å²) in [5, 5.41) is 16.3. The zero-order chi connectivity index (χ0) is 22.9. The predicted molar refractivity (Wildman–Crippen MR) is 130 cm³/mol. The van der Waals surface area contributed by atoms with Crippen LogP contribution in [0.5, 0.6) is 11.5 Å². The summed E-state index contributed by atoms with van der Waals surface area (Å²) in [7, 11) is 1.67. The SMILES string of the molecule is COc1cccc(CNCCSc2nnnn2-c2ccccc2)c1OCc1cccc(C)c1. The monoisotopic (exact) mass is 461 g/mol. The first kappa shape index (κ1) is 22.8. The van der Waals surface area contributed by atoms with Gasteiger partial charge < -0.3 is 14.8 Å². The van der Waals surface area contributed by atoms with E-state index in [9.17, 15) is 0 Å². The van der Waals surface area contributed by atoms with Gasteiger partial charge in [0.25, 0.3) is 0 Å². The Kier molecular flexibility index (Phi) is 7.94. The summed E-state index contributed by atoms with van der Waals surface area (Å²) in [6.07, 6.45) is 0. The Morgan fingerprint density at radius 1 is 1.00 bits per heavy atom. The molecule has 0 saturated carbocycles. The molecule has 4 rings (SSSR count). The number of para-hydroxylation sites is 2. The van der Waals surface area contributed by atoms with Gasteiger partial charge in [-0.05, 0) is 41.1 Å². The van der Waals surface area contributed by atoms with Gasteiger partial charge in [0.05, 0.1) is 12.8 Å². The van der Waals surface area contributed by atoms with Crippen LogP contribution < -0.4 is 14.8 Å². The molecule has 0 radical (unpaired) electrons. The van der Waals surface area contributed by atoms with Gasteiger partial charge in [0, 0.05) is 24.4 Å². The maximum atomic E-state index is 6.18. The van der Waals surface area contributed by atoms with Crippen molar-refractivity contribution >= 4 is 11.8 Å². The molecule has 0 atom stereocenters. The van der Waals surface area contributed by atoms with Crippen LogP contribution in [0.4, 0.5) is 0 Å². The quantitative estimate of drug-likeness (QED) is 0.261. The third-order valence-electron chi connectivity index (χ3n) is 5.01. The van der Waals surface area contributed by atoms with Crippen molar-refractivity contribution in [2.75, 3.05) is 19.4 Å². The first-order valence-corrected chi connectivity index (χ1v) is 11.7. The Morgan fingerprint density at radius 2 is 1.85 bits per heavy atom. The molecule has 0 amide bonds. The van der Waals surface area contributed by atoms with Crippen molar-refractivity contribution in [1.29, 1.82) is 0 Å². The van der Waals surface area contributed by atoms with Crippen molar-refractivity contribution in [3.8, 4) is 17.2 Å². The lowest BCUT2D eigenvalue weighted by Gasteiger charge is -2.16. The molecule has 3 aromatic carbocycles. The fourth-order valence-corrected chi connectivity index (χ4v) is 4.21. The minimum Gasteiger partial charge on any atom is -0.493 e. The average Bonchev–Trinajstić information content (AvgIpc) is 3.32. The van der Waals surface area contributed by atoms with Gasteiger partial charge in [0.15, 0.2) is 11.5 Å². The Labute approximate surface area is 198 Å². The standard InChI is InChI=1S/C25H27N5O2S/c1-19-8-6-9-20(16-19)18-32-24-21(10-7-13-23(24)31-2)17-26-14-15-33-25-27-28-29-30(25)22-11-4-3-5-12-22/h3-13,16,26H,14-15,17-18H2,1-2H3. The van der Waals surface area contributed by atoms with Gasteiger partial charge in [-0.25, -0.2) is 0 Å². The molecule has 0 aliphatic rings. The number of nitrogens with zero attached hydrogens (tertiary/aromatic N) is 4. The third kappa shape index (κ3) is 6.12. The van der Waals surface area contributed by atoms with Gasteiger partial charge in [-0.1, -0.05) is 71.9 Å². The number of methoxy groups -OCH3 is 1.